The van der Waals surface area contributed by atoms with Crippen LogP contribution in [0.5, 0.6) is 5.75 Å². The number of benzene rings is 2. The van der Waals surface area contributed by atoms with Gasteiger partial charge in [0.15, 0.2) is 0 Å². The van der Waals surface area contributed by atoms with Gasteiger partial charge in [-0.3, -0.25) is 24.2 Å². The Morgan fingerprint density at radius 2 is 1.78 bits per heavy atom. The van der Waals surface area contributed by atoms with Crippen molar-refractivity contribution in [2.24, 2.45) is 17.8 Å². The van der Waals surface area contributed by atoms with Crippen LogP contribution in [0.4, 0.5) is 11.4 Å². The smallest absolute Gasteiger partial charge is 0.249 e. The zero-order chi connectivity index (χ0) is 26.1. The fourth-order valence-corrected chi connectivity index (χ4v) is 7.36. The molecule has 0 radical (unpaired) electrons. The fourth-order valence-electron chi connectivity index (χ4n) is 7.36. The topological polar surface area (TPSA) is 79.0 Å². The third-order valence-electron chi connectivity index (χ3n) is 8.65. The molecule has 3 heterocycles. The van der Waals surface area contributed by atoms with Crippen LogP contribution in [0.15, 0.2) is 24.3 Å². The summed E-state index contributed by atoms with van der Waals surface area (Å²) in [4.78, 5) is 44.0. The number of imide groups is 1. The Morgan fingerprint density at radius 3 is 2.39 bits per heavy atom. The average Bonchev–Trinajstić information content (AvgIpc) is 3.39. The van der Waals surface area contributed by atoms with Gasteiger partial charge in [0.2, 0.25) is 18.2 Å². The summed E-state index contributed by atoms with van der Waals surface area (Å²) in [5.41, 5.74) is 5.25. The molecule has 0 bridgehead atoms. The lowest BCUT2D eigenvalue weighted by Crippen LogP contribution is -2.50. The van der Waals surface area contributed by atoms with E-state index in [1.807, 2.05) is 46.8 Å². The van der Waals surface area contributed by atoms with E-state index in [1.165, 1.54) is 4.90 Å². The summed E-state index contributed by atoms with van der Waals surface area (Å²) in [7, 11) is 1.61. The number of methoxy groups -OCH3 is 1. The van der Waals surface area contributed by atoms with Crippen LogP contribution in [-0.4, -0.2) is 42.8 Å². The van der Waals surface area contributed by atoms with E-state index in [0.29, 0.717) is 18.0 Å². The summed E-state index contributed by atoms with van der Waals surface area (Å²) in [6.07, 6.45) is 1.42. The second-order valence-corrected chi connectivity index (χ2v) is 11.0. The van der Waals surface area contributed by atoms with Gasteiger partial charge < -0.3 is 10.1 Å². The second-order valence-electron chi connectivity index (χ2n) is 11.0. The highest BCUT2D eigenvalue weighted by Crippen LogP contribution is 2.59. The molecule has 5 unspecified atom stereocenters. The van der Waals surface area contributed by atoms with Crippen molar-refractivity contribution in [3.05, 3.63) is 52.1 Å². The number of rotatable bonds is 4. The number of hydrogen-bond donors (Lipinski definition) is 1. The molecule has 0 aliphatic carbocycles. The molecule has 2 aromatic carbocycles. The molecule has 0 aromatic heterocycles. The van der Waals surface area contributed by atoms with Gasteiger partial charge in [0, 0.05) is 29.8 Å². The summed E-state index contributed by atoms with van der Waals surface area (Å²) in [6, 6.07) is 7.67. The molecule has 5 atom stereocenters. The van der Waals surface area contributed by atoms with Crippen molar-refractivity contribution in [3.8, 4) is 5.75 Å². The van der Waals surface area contributed by atoms with Gasteiger partial charge >= 0.3 is 0 Å². The SMILES string of the molecule is COc1c(C)cc(N(C=O)C(=O)C2C3CC(C)CN3C3(C(=O)Nc4c(C)cc(C)cc43)C2C)cc1C. The van der Waals surface area contributed by atoms with Crippen LogP contribution in [0.3, 0.4) is 0 Å². The summed E-state index contributed by atoms with van der Waals surface area (Å²) < 4.78 is 5.47. The number of hydrogen-bond acceptors (Lipinski definition) is 5. The van der Waals surface area contributed by atoms with Gasteiger partial charge in [-0.15, -0.1) is 0 Å². The Bertz CT molecular complexity index is 1260. The van der Waals surface area contributed by atoms with Crippen LogP contribution in [0.2, 0.25) is 0 Å². The normalized spacial score (nSPS) is 28.7. The number of carbonyl (C=O) groups is 3. The Labute approximate surface area is 212 Å². The van der Waals surface area contributed by atoms with Gasteiger partial charge in [-0.1, -0.05) is 31.5 Å². The third-order valence-corrected chi connectivity index (χ3v) is 8.65. The molecule has 5 rings (SSSR count). The average molecular weight is 490 g/mol. The van der Waals surface area contributed by atoms with Gasteiger partial charge in [0.1, 0.15) is 11.3 Å². The first kappa shape index (κ1) is 24.5. The van der Waals surface area contributed by atoms with Crippen LogP contribution in [0, 0.1) is 45.4 Å². The third kappa shape index (κ3) is 3.18. The van der Waals surface area contributed by atoms with E-state index in [-0.39, 0.29) is 23.8 Å². The summed E-state index contributed by atoms with van der Waals surface area (Å²) in [6.45, 7) is 12.8. The number of aryl methyl sites for hydroxylation is 4. The maximum Gasteiger partial charge on any atom is 0.249 e. The lowest BCUT2D eigenvalue weighted by molar-refractivity contribution is -0.128. The predicted molar refractivity (Wildman–Crippen MR) is 139 cm³/mol. The Balaban J connectivity index is 1.62. The Morgan fingerprint density at radius 1 is 1.11 bits per heavy atom. The molecular formula is C29H35N3O4. The lowest BCUT2D eigenvalue weighted by atomic mass is 9.74. The number of nitrogens with zero attached hydrogens (tertiary/aromatic N) is 2. The minimum atomic E-state index is -0.928. The second kappa shape index (κ2) is 8.44. The maximum atomic E-state index is 14.2. The predicted octanol–water partition coefficient (Wildman–Crippen LogP) is 4.24. The molecule has 1 N–H and O–H groups in total. The van der Waals surface area contributed by atoms with E-state index in [2.05, 4.69) is 29.3 Å². The van der Waals surface area contributed by atoms with E-state index in [0.717, 1.165) is 52.2 Å². The molecule has 2 fully saturated rings. The van der Waals surface area contributed by atoms with Crippen LogP contribution in [0.25, 0.3) is 0 Å². The standard InChI is InChI=1S/C29H35N3O4/c1-15-8-17(3)25-22(9-15)29(28(35)30-25)20(6)24(23-10-16(2)13-32(23)29)27(34)31(14-33)21-11-18(4)26(36-7)19(5)12-21/h8-9,11-12,14,16,20,23-24H,10,13H2,1-7H3,(H,30,35). The molecule has 3 amide bonds. The maximum absolute atomic E-state index is 14.2. The number of fused-ring (bicyclic) bond motifs is 4. The summed E-state index contributed by atoms with van der Waals surface area (Å²) in [5.74, 6) is -0.0539. The van der Waals surface area contributed by atoms with Crippen LogP contribution in [0.1, 0.15) is 48.1 Å². The highest BCUT2D eigenvalue weighted by Gasteiger charge is 2.68. The number of carbonyl (C=O) groups excluding carboxylic acids is 3. The van der Waals surface area contributed by atoms with E-state index in [4.69, 9.17) is 4.74 Å². The van der Waals surface area contributed by atoms with Crippen LogP contribution >= 0.6 is 0 Å². The molecule has 190 valence electrons. The highest BCUT2D eigenvalue weighted by molar-refractivity contribution is 6.11. The number of ether oxygens (including phenoxy) is 1. The van der Waals surface area contributed by atoms with Crippen molar-refractivity contribution in [2.45, 2.75) is 59.5 Å². The van der Waals surface area contributed by atoms with Crippen molar-refractivity contribution in [1.82, 2.24) is 4.90 Å². The molecule has 0 saturated carbocycles. The molecule has 36 heavy (non-hydrogen) atoms. The van der Waals surface area contributed by atoms with Gasteiger partial charge in [0.25, 0.3) is 0 Å². The zero-order valence-electron chi connectivity index (χ0n) is 22.1. The molecule has 7 heteroatoms. The van der Waals surface area contributed by atoms with E-state index >= 15 is 0 Å². The van der Waals surface area contributed by atoms with Crippen molar-refractivity contribution >= 4 is 29.6 Å². The van der Waals surface area contributed by atoms with E-state index in [9.17, 15) is 14.4 Å². The number of anilines is 2. The fraction of sp³-hybridized carbons (Fsp3) is 0.483. The molecule has 3 aliphatic heterocycles. The highest BCUT2D eigenvalue weighted by atomic mass is 16.5. The van der Waals surface area contributed by atoms with Crippen molar-refractivity contribution < 1.29 is 19.1 Å². The summed E-state index contributed by atoms with van der Waals surface area (Å²) >= 11 is 0. The Hall–Kier alpha value is -3.19. The number of nitrogens with one attached hydrogen (secondary N) is 1. The van der Waals surface area contributed by atoms with E-state index in [1.54, 1.807) is 7.11 Å². The van der Waals surface area contributed by atoms with Gasteiger partial charge in [-0.2, -0.15) is 0 Å². The lowest BCUT2D eigenvalue weighted by Gasteiger charge is -2.36. The molecule has 7 nitrogen and oxygen atoms in total. The Kier molecular flexibility index (Phi) is 5.75. The van der Waals surface area contributed by atoms with Gasteiger partial charge in [0.05, 0.1) is 18.7 Å². The molecule has 1 spiro atoms. The van der Waals surface area contributed by atoms with E-state index < -0.39 is 11.5 Å². The van der Waals surface area contributed by atoms with Crippen molar-refractivity contribution in [1.29, 1.82) is 0 Å². The van der Waals surface area contributed by atoms with Gasteiger partial charge in [-0.25, -0.2) is 0 Å². The minimum absolute atomic E-state index is 0.0677. The summed E-state index contributed by atoms with van der Waals surface area (Å²) in [5, 5.41) is 3.16. The first-order valence-corrected chi connectivity index (χ1v) is 12.7. The zero-order valence-corrected chi connectivity index (χ0v) is 22.1. The first-order valence-electron chi connectivity index (χ1n) is 12.7. The van der Waals surface area contributed by atoms with Crippen LogP contribution in [-0.2, 0) is 19.9 Å². The van der Waals surface area contributed by atoms with Crippen molar-refractivity contribution in [3.63, 3.8) is 0 Å². The molecular weight excluding hydrogens is 454 g/mol. The quantitative estimate of drug-likeness (QED) is 0.650. The minimum Gasteiger partial charge on any atom is -0.496 e. The molecule has 2 aromatic rings. The number of amides is 3. The molecule has 2 saturated heterocycles. The molecule has 3 aliphatic rings. The van der Waals surface area contributed by atoms with Crippen LogP contribution < -0.4 is 15.0 Å². The first-order chi connectivity index (χ1) is 17.1. The van der Waals surface area contributed by atoms with Gasteiger partial charge in [-0.05, 0) is 68.9 Å². The monoisotopic (exact) mass is 489 g/mol. The largest absolute Gasteiger partial charge is 0.496 e. The van der Waals surface area contributed by atoms with Crippen molar-refractivity contribution in [2.75, 3.05) is 23.9 Å².